The number of rotatable bonds is 5. The van der Waals surface area contributed by atoms with E-state index in [2.05, 4.69) is 35.1 Å². The molecule has 0 unspecified atom stereocenters. The Morgan fingerprint density at radius 3 is 2.84 bits per heavy atom. The number of carbonyl (C=O) groups is 1. The van der Waals surface area contributed by atoms with Gasteiger partial charge in [-0.25, -0.2) is 4.98 Å². The highest BCUT2D eigenvalue weighted by atomic mass is 16.5. The molecule has 0 saturated carbocycles. The quantitative estimate of drug-likeness (QED) is 0.840. The molecular weight excluding hydrogens is 314 g/mol. The Balaban J connectivity index is 1.50. The summed E-state index contributed by atoms with van der Waals surface area (Å²) in [6.07, 6.45) is 2.18. The van der Waals surface area contributed by atoms with Crippen molar-refractivity contribution in [1.82, 2.24) is 14.9 Å². The third-order valence-electron chi connectivity index (χ3n) is 4.44. The first-order chi connectivity index (χ1) is 12.0. The van der Waals surface area contributed by atoms with Gasteiger partial charge in [0.1, 0.15) is 11.9 Å². The molecule has 0 aliphatic carbocycles. The molecule has 2 aromatic rings. The van der Waals surface area contributed by atoms with Gasteiger partial charge in [0.15, 0.2) is 0 Å². The van der Waals surface area contributed by atoms with E-state index in [4.69, 9.17) is 4.74 Å². The largest absolute Gasteiger partial charge is 0.472 e. The van der Waals surface area contributed by atoms with E-state index in [0.29, 0.717) is 24.7 Å². The highest BCUT2D eigenvalue weighted by Gasteiger charge is 2.27. The molecule has 1 aromatic carbocycles. The second-order valence-electron chi connectivity index (χ2n) is 6.75. The first kappa shape index (κ1) is 17.4. The smallest absolute Gasteiger partial charge is 0.223 e. The maximum Gasteiger partial charge on any atom is 0.223 e. The number of amides is 1. The highest BCUT2D eigenvalue weighted by molar-refractivity contribution is 5.76. The third kappa shape index (κ3) is 4.78. The zero-order chi connectivity index (χ0) is 17.8. The van der Waals surface area contributed by atoms with Crippen LogP contribution in [0.5, 0.6) is 5.88 Å². The standard InChI is InChI=1S/C20H25N3O2/c1-14-5-4-6-17(11-14)7-8-20(24)23-10-9-18(13-23)25-19-12-15(2)21-16(3)22-19/h4-6,11-12,18H,7-10,13H2,1-3H3/t18-/m1/s1. The molecule has 25 heavy (non-hydrogen) atoms. The van der Waals surface area contributed by atoms with Gasteiger partial charge in [-0.05, 0) is 32.8 Å². The van der Waals surface area contributed by atoms with E-state index < -0.39 is 0 Å². The monoisotopic (exact) mass is 339 g/mol. The van der Waals surface area contributed by atoms with Crippen LogP contribution in [0.3, 0.4) is 0 Å². The summed E-state index contributed by atoms with van der Waals surface area (Å²) in [6, 6.07) is 10.2. The van der Waals surface area contributed by atoms with Gasteiger partial charge >= 0.3 is 0 Å². The number of aromatic nitrogens is 2. The summed E-state index contributed by atoms with van der Waals surface area (Å²) >= 11 is 0. The summed E-state index contributed by atoms with van der Waals surface area (Å²) in [5, 5.41) is 0. The molecule has 1 aromatic heterocycles. The summed E-state index contributed by atoms with van der Waals surface area (Å²) in [6.45, 7) is 7.24. The predicted molar refractivity (Wildman–Crippen MR) is 96.6 cm³/mol. The van der Waals surface area contributed by atoms with Crippen LogP contribution in [0.4, 0.5) is 0 Å². The molecule has 1 fully saturated rings. The molecule has 2 heterocycles. The number of nitrogens with zero attached hydrogens (tertiary/aromatic N) is 3. The van der Waals surface area contributed by atoms with E-state index in [0.717, 1.165) is 25.1 Å². The predicted octanol–water partition coefficient (Wildman–Crippen LogP) is 3.01. The van der Waals surface area contributed by atoms with Crippen molar-refractivity contribution in [2.45, 2.75) is 46.1 Å². The molecule has 132 valence electrons. The molecule has 1 aliphatic rings. The molecule has 0 radical (unpaired) electrons. The lowest BCUT2D eigenvalue weighted by Crippen LogP contribution is -2.31. The number of carbonyl (C=O) groups excluding carboxylic acids is 1. The van der Waals surface area contributed by atoms with E-state index in [1.165, 1.54) is 11.1 Å². The number of likely N-dealkylation sites (tertiary alicyclic amines) is 1. The molecule has 0 N–H and O–H groups in total. The summed E-state index contributed by atoms with van der Waals surface area (Å²) in [5.74, 6) is 1.51. The van der Waals surface area contributed by atoms with E-state index in [1.54, 1.807) is 0 Å². The lowest BCUT2D eigenvalue weighted by molar-refractivity contribution is -0.130. The van der Waals surface area contributed by atoms with Gasteiger partial charge in [0, 0.05) is 31.1 Å². The molecule has 0 spiro atoms. The third-order valence-corrected chi connectivity index (χ3v) is 4.44. The van der Waals surface area contributed by atoms with Gasteiger partial charge in [-0.3, -0.25) is 4.79 Å². The molecule has 3 rings (SSSR count). The van der Waals surface area contributed by atoms with Gasteiger partial charge in [-0.1, -0.05) is 29.8 Å². The Kier molecular flexibility index (Phi) is 5.31. The van der Waals surface area contributed by atoms with Crippen molar-refractivity contribution in [1.29, 1.82) is 0 Å². The summed E-state index contributed by atoms with van der Waals surface area (Å²) in [7, 11) is 0. The summed E-state index contributed by atoms with van der Waals surface area (Å²) in [5.41, 5.74) is 3.34. The van der Waals surface area contributed by atoms with Crippen LogP contribution in [0.25, 0.3) is 0 Å². The molecule has 1 aliphatic heterocycles. The Morgan fingerprint density at radius 2 is 2.08 bits per heavy atom. The van der Waals surface area contributed by atoms with Crippen LogP contribution in [0.1, 0.15) is 35.5 Å². The summed E-state index contributed by atoms with van der Waals surface area (Å²) < 4.78 is 5.95. The fraction of sp³-hybridized carbons (Fsp3) is 0.450. The maximum absolute atomic E-state index is 12.5. The Hall–Kier alpha value is -2.43. The van der Waals surface area contributed by atoms with Crippen molar-refractivity contribution in [3.63, 3.8) is 0 Å². The second kappa shape index (κ2) is 7.64. The maximum atomic E-state index is 12.5. The summed E-state index contributed by atoms with van der Waals surface area (Å²) in [4.78, 5) is 22.9. The fourth-order valence-corrected chi connectivity index (χ4v) is 3.24. The minimum atomic E-state index is 0.0108. The van der Waals surface area contributed by atoms with Crippen molar-refractivity contribution in [3.8, 4) is 5.88 Å². The average Bonchev–Trinajstić information content (AvgIpc) is 3.00. The van der Waals surface area contributed by atoms with Crippen LogP contribution in [0, 0.1) is 20.8 Å². The van der Waals surface area contributed by atoms with Crippen LogP contribution in [0.2, 0.25) is 0 Å². The Bertz CT molecular complexity index is 740. The van der Waals surface area contributed by atoms with Gasteiger partial charge in [0.25, 0.3) is 0 Å². The fourth-order valence-electron chi connectivity index (χ4n) is 3.24. The topological polar surface area (TPSA) is 55.3 Å². The highest BCUT2D eigenvalue weighted by Crippen LogP contribution is 2.18. The zero-order valence-corrected chi connectivity index (χ0v) is 15.2. The van der Waals surface area contributed by atoms with Gasteiger partial charge in [-0.15, -0.1) is 0 Å². The first-order valence-corrected chi connectivity index (χ1v) is 8.82. The minimum absolute atomic E-state index is 0.0108. The van der Waals surface area contributed by atoms with Crippen LogP contribution in [-0.2, 0) is 11.2 Å². The second-order valence-corrected chi connectivity index (χ2v) is 6.75. The van der Waals surface area contributed by atoms with Crippen LogP contribution >= 0.6 is 0 Å². The van der Waals surface area contributed by atoms with Crippen molar-refractivity contribution >= 4 is 5.91 Å². The van der Waals surface area contributed by atoms with Crippen molar-refractivity contribution in [3.05, 3.63) is 53.0 Å². The number of hydrogen-bond donors (Lipinski definition) is 0. The molecule has 0 bridgehead atoms. The van der Waals surface area contributed by atoms with Crippen LogP contribution < -0.4 is 4.74 Å². The van der Waals surface area contributed by atoms with Crippen LogP contribution in [-0.4, -0.2) is 40.0 Å². The van der Waals surface area contributed by atoms with Gasteiger partial charge < -0.3 is 9.64 Å². The van der Waals surface area contributed by atoms with Crippen molar-refractivity contribution < 1.29 is 9.53 Å². The number of benzene rings is 1. The van der Waals surface area contributed by atoms with E-state index in [9.17, 15) is 4.79 Å². The van der Waals surface area contributed by atoms with Gasteiger partial charge in [-0.2, -0.15) is 4.98 Å². The van der Waals surface area contributed by atoms with Crippen molar-refractivity contribution in [2.75, 3.05) is 13.1 Å². The molecule has 1 amide bonds. The Labute approximate surface area is 149 Å². The number of ether oxygens (including phenoxy) is 1. The van der Waals surface area contributed by atoms with E-state index in [1.807, 2.05) is 30.9 Å². The number of hydrogen-bond acceptors (Lipinski definition) is 4. The lowest BCUT2D eigenvalue weighted by atomic mass is 10.1. The molecule has 1 saturated heterocycles. The SMILES string of the molecule is Cc1cccc(CCC(=O)N2CC[C@@H](Oc3cc(C)nc(C)n3)C2)c1. The van der Waals surface area contributed by atoms with Gasteiger partial charge in [0.2, 0.25) is 11.8 Å². The van der Waals surface area contributed by atoms with Gasteiger partial charge in [0.05, 0.1) is 6.54 Å². The molecule has 5 nitrogen and oxygen atoms in total. The lowest BCUT2D eigenvalue weighted by Gasteiger charge is -2.17. The molecular formula is C20H25N3O2. The van der Waals surface area contributed by atoms with Crippen molar-refractivity contribution in [2.24, 2.45) is 0 Å². The molecule has 1 atom stereocenters. The van der Waals surface area contributed by atoms with Crippen LogP contribution in [0.15, 0.2) is 30.3 Å². The minimum Gasteiger partial charge on any atom is -0.472 e. The van der Waals surface area contributed by atoms with E-state index in [-0.39, 0.29) is 12.0 Å². The average molecular weight is 339 g/mol. The van der Waals surface area contributed by atoms with E-state index >= 15 is 0 Å². The normalized spacial score (nSPS) is 16.9. The first-order valence-electron chi connectivity index (χ1n) is 8.82. The zero-order valence-electron chi connectivity index (χ0n) is 15.2. The number of aryl methyl sites for hydroxylation is 4. The Morgan fingerprint density at radius 1 is 1.24 bits per heavy atom. The molecule has 5 heteroatoms.